The van der Waals surface area contributed by atoms with Gasteiger partial charge in [0, 0.05) is 18.8 Å². The largest absolute Gasteiger partial charge is 0.475 e. The third kappa shape index (κ3) is 8.70. The quantitative estimate of drug-likeness (QED) is 0.439. The van der Waals surface area contributed by atoms with Gasteiger partial charge in [-0.1, -0.05) is 34.6 Å². The summed E-state index contributed by atoms with van der Waals surface area (Å²) in [5.41, 5.74) is 0.688. The van der Waals surface area contributed by atoms with Crippen LogP contribution in [0.5, 0.6) is 5.88 Å². The van der Waals surface area contributed by atoms with Crippen LogP contribution in [0, 0.1) is 18.8 Å². The molecule has 0 aliphatic carbocycles. The number of amides is 1. The summed E-state index contributed by atoms with van der Waals surface area (Å²) in [6, 6.07) is 1.89. The molecule has 0 spiro atoms. The van der Waals surface area contributed by atoms with Crippen LogP contribution in [0.25, 0.3) is 0 Å². The summed E-state index contributed by atoms with van der Waals surface area (Å²) in [7, 11) is 0. The van der Waals surface area contributed by atoms with E-state index in [-0.39, 0.29) is 5.91 Å². The summed E-state index contributed by atoms with van der Waals surface area (Å²) in [5, 5.41) is 3.04. The van der Waals surface area contributed by atoms with Gasteiger partial charge < -0.3 is 19.5 Å². The number of aromatic nitrogens is 1. The van der Waals surface area contributed by atoms with E-state index in [1.54, 1.807) is 6.20 Å². The van der Waals surface area contributed by atoms with Crippen LogP contribution in [0.4, 0.5) is 5.69 Å². The van der Waals surface area contributed by atoms with Crippen molar-refractivity contribution >= 4 is 11.6 Å². The lowest BCUT2D eigenvalue weighted by molar-refractivity contribution is -0.147. The maximum Gasteiger partial charge on any atom is 0.256 e. The molecule has 0 unspecified atom stereocenters. The fourth-order valence-electron chi connectivity index (χ4n) is 3.44. The molecule has 166 valence electrons. The molecule has 0 atom stereocenters. The molecule has 0 aliphatic heterocycles. The molecule has 1 N–H and O–H groups in total. The molecule has 1 amide bonds. The van der Waals surface area contributed by atoms with E-state index in [9.17, 15) is 4.79 Å². The molecule has 1 rings (SSSR count). The second-order valence-electron chi connectivity index (χ2n) is 8.38. The lowest BCUT2D eigenvalue weighted by atomic mass is 9.83. The minimum absolute atomic E-state index is 0.0976. The van der Waals surface area contributed by atoms with Gasteiger partial charge in [-0.15, -0.1) is 0 Å². The fourth-order valence-corrected chi connectivity index (χ4v) is 3.44. The highest BCUT2D eigenvalue weighted by molar-refractivity contribution is 5.97. The van der Waals surface area contributed by atoms with Crippen molar-refractivity contribution in [2.45, 2.75) is 73.3 Å². The molecule has 0 fully saturated rings. The summed E-state index contributed by atoms with van der Waals surface area (Å²) < 4.78 is 17.1. The zero-order chi connectivity index (χ0) is 21.9. The number of carbonyl (C=O) groups excluding carboxylic acids is 1. The average Bonchev–Trinajstić information content (AvgIpc) is 2.63. The predicted molar refractivity (Wildman–Crippen MR) is 117 cm³/mol. The van der Waals surface area contributed by atoms with E-state index >= 15 is 0 Å². The van der Waals surface area contributed by atoms with Crippen molar-refractivity contribution in [3.8, 4) is 5.88 Å². The van der Waals surface area contributed by atoms with Crippen molar-refractivity contribution in [3.05, 3.63) is 17.8 Å². The first-order chi connectivity index (χ1) is 13.7. The number of ether oxygens (including phenoxy) is 3. The number of nitrogens with zero attached hydrogens (tertiary/aromatic N) is 1. The maximum atomic E-state index is 13.3. The normalized spacial score (nSPS) is 11.9. The molecule has 0 radical (unpaired) electrons. The Labute approximate surface area is 176 Å². The van der Waals surface area contributed by atoms with Crippen molar-refractivity contribution < 1.29 is 19.0 Å². The monoisotopic (exact) mass is 408 g/mol. The van der Waals surface area contributed by atoms with Crippen LogP contribution in [0.15, 0.2) is 12.3 Å². The number of rotatable bonds is 14. The lowest BCUT2D eigenvalue weighted by Crippen LogP contribution is -2.48. The Morgan fingerprint density at radius 2 is 1.76 bits per heavy atom. The van der Waals surface area contributed by atoms with Crippen molar-refractivity contribution in [3.63, 3.8) is 0 Å². The zero-order valence-electron chi connectivity index (χ0n) is 19.3. The molecule has 0 saturated carbocycles. The van der Waals surface area contributed by atoms with E-state index in [1.165, 1.54) is 0 Å². The Morgan fingerprint density at radius 1 is 1.10 bits per heavy atom. The Kier molecular flexibility index (Phi) is 11.2. The van der Waals surface area contributed by atoms with Gasteiger partial charge in [0.1, 0.15) is 12.2 Å². The first-order valence-corrected chi connectivity index (χ1v) is 10.9. The molecular formula is C23H40N2O4. The van der Waals surface area contributed by atoms with Crippen LogP contribution in [0.3, 0.4) is 0 Å². The van der Waals surface area contributed by atoms with Gasteiger partial charge in [0.15, 0.2) is 0 Å². The van der Waals surface area contributed by atoms with Crippen LogP contribution in [-0.2, 0) is 14.3 Å². The van der Waals surface area contributed by atoms with Gasteiger partial charge >= 0.3 is 0 Å². The number of nitrogens with one attached hydrogen (secondary N) is 1. The number of aryl methyl sites for hydroxylation is 1. The minimum atomic E-state index is -0.834. The number of carbonyl (C=O) groups is 1. The first-order valence-electron chi connectivity index (χ1n) is 10.9. The second kappa shape index (κ2) is 12.8. The molecule has 6 nitrogen and oxygen atoms in total. The third-order valence-corrected chi connectivity index (χ3v) is 4.43. The number of hydrogen-bond donors (Lipinski definition) is 1. The van der Waals surface area contributed by atoms with Gasteiger partial charge in [-0.3, -0.25) is 4.79 Å². The zero-order valence-corrected chi connectivity index (χ0v) is 19.3. The van der Waals surface area contributed by atoms with E-state index in [0.29, 0.717) is 62.7 Å². The maximum absolute atomic E-state index is 13.3. The molecule has 0 bridgehead atoms. The summed E-state index contributed by atoms with van der Waals surface area (Å²) >= 11 is 0. The lowest BCUT2D eigenvalue weighted by Gasteiger charge is -2.35. The Balaban J connectivity index is 2.95. The van der Waals surface area contributed by atoms with Crippen molar-refractivity contribution in [1.29, 1.82) is 0 Å². The topological polar surface area (TPSA) is 69.7 Å². The average molecular weight is 409 g/mol. The molecular weight excluding hydrogens is 368 g/mol. The van der Waals surface area contributed by atoms with Crippen molar-refractivity contribution in [1.82, 2.24) is 4.98 Å². The standard InChI is InChI=1S/C23H40N2O4/c1-8-10-29-23(14-17(3)4,15-18(5)6)22(26)25-20-13-19(7)21(24-16-20)28-12-11-27-9-2/h13,16-18H,8-12,14-15H2,1-7H3,(H,25,26). The summed E-state index contributed by atoms with van der Waals surface area (Å²) in [4.78, 5) is 17.7. The minimum Gasteiger partial charge on any atom is -0.475 e. The molecule has 0 saturated heterocycles. The Morgan fingerprint density at radius 3 is 2.28 bits per heavy atom. The molecule has 1 aromatic rings. The van der Waals surface area contributed by atoms with E-state index in [0.717, 1.165) is 12.0 Å². The molecule has 0 aromatic carbocycles. The summed E-state index contributed by atoms with van der Waals surface area (Å²) in [6.45, 7) is 16.6. The summed E-state index contributed by atoms with van der Waals surface area (Å²) in [5.74, 6) is 1.15. The van der Waals surface area contributed by atoms with Crippen LogP contribution in [0.2, 0.25) is 0 Å². The highest BCUT2D eigenvalue weighted by Crippen LogP contribution is 2.31. The SMILES string of the molecule is CCCOC(CC(C)C)(CC(C)C)C(=O)Nc1cnc(OCCOCC)c(C)c1. The van der Waals surface area contributed by atoms with Crippen LogP contribution >= 0.6 is 0 Å². The number of pyridine rings is 1. The molecule has 1 aromatic heterocycles. The first kappa shape index (κ1) is 25.4. The van der Waals surface area contributed by atoms with Gasteiger partial charge in [-0.2, -0.15) is 0 Å². The Bertz CT molecular complexity index is 607. The molecule has 0 aliphatic rings. The van der Waals surface area contributed by atoms with E-state index in [1.807, 2.05) is 19.9 Å². The van der Waals surface area contributed by atoms with Crippen molar-refractivity contribution in [2.75, 3.05) is 31.7 Å². The fraction of sp³-hybridized carbons (Fsp3) is 0.739. The predicted octanol–water partition coefficient (Wildman–Crippen LogP) is 5.00. The summed E-state index contributed by atoms with van der Waals surface area (Å²) in [6.07, 6.45) is 3.88. The highest BCUT2D eigenvalue weighted by Gasteiger charge is 2.40. The number of anilines is 1. The van der Waals surface area contributed by atoms with Gasteiger partial charge in [-0.25, -0.2) is 4.98 Å². The van der Waals surface area contributed by atoms with Gasteiger partial charge in [0.2, 0.25) is 5.88 Å². The Hall–Kier alpha value is -1.66. The van der Waals surface area contributed by atoms with E-state index < -0.39 is 5.60 Å². The second-order valence-corrected chi connectivity index (χ2v) is 8.38. The molecule has 29 heavy (non-hydrogen) atoms. The third-order valence-electron chi connectivity index (χ3n) is 4.43. The van der Waals surface area contributed by atoms with E-state index in [2.05, 4.69) is 44.9 Å². The van der Waals surface area contributed by atoms with Crippen LogP contribution in [0.1, 0.15) is 66.4 Å². The van der Waals surface area contributed by atoms with E-state index in [4.69, 9.17) is 14.2 Å². The van der Waals surface area contributed by atoms with Gasteiger partial charge in [-0.05, 0) is 51.0 Å². The smallest absolute Gasteiger partial charge is 0.256 e. The molecule has 6 heteroatoms. The van der Waals surface area contributed by atoms with Gasteiger partial charge in [0.25, 0.3) is 5.91 Å². The molecule has 1 heterocycles. The van der Waals surface area contributed by atoms with Crippen LogP contribution in [-0.4, -0.2) is 42.9 Å². The number of hydrogen-bond acceptors (Lipinski definition) is 5. The van der Waals surface area contributed by atoms with Gasteiger partial charge in [0.05, 0.1) is 18.5 Å². The highest BCUT2D eigenvalue weighted by atomic mass is 16.5. The van der Waals surface area contributed by atoms with Crippen molar-refractivity contribution in [2.24, 2.45) is 11.8 Å². The van der Waals surface area contributed by atoms with Crippen LogP contribution < -0.4 is 10.1 Å².